The molecule has 0 heterocycles. The van der Waals surface area contributed by atoms with Crippen LogP contribution in [0.3, 0.4) is 0 Å². The molecule has 2 rings (SSSR count). The summed E-state index contributed by atoms with van der Waals surface area (Å²) in [5, 5.41) is 8.51. The number of unbranched alkanes of at least 4 members (excludes halogenated alkanes) is 11. The van der Waals surface area contributed by atoms with Crippen LogP contribution in [-0.2, 0) is 0 Å². The first-order chi connectivity index (χ1) is 16.2. The monoisotopic (exact) mass is 450 g/mol. The molecule has 0 fully saturated rings. The summed E-state index contributed by atoms with van der Waals surface area (Å²) in [6.45, 7) is 4.90. The van der Waals surface area contributed by atoms with Crippen LogP contribution < -0.4 is 4.74 Å². The van der Waals surface area contributed by atoms with E-state index < -0.39 is 0 Å². The summed E-state index contributed by atoms with van der Waals surface area (Å²) in [6, 6.07) is 14.9. The van der Waals surface area contributed by atoms with Crippen molar-refractivity contribution in [1.29, 1.82) is 0 Å². The predicted octanol–water partition coefficient (Wildman–Crippen LogP) is 9.77. The van der Waals surface area contributed by atoms with Crippen LogP contribution in [0.2, 0.25) is 0 Å². The highest BCUT2D eigenvalue weighted by atomic mass is 16.5. The zero-order valence-electron chi connectivity index (χ0n) is 20.7. The second kappa shape index (κ2) is 17.0. The lowest BCUT2D eigenvalue weighted by Gasteiger charge is -2.06. The van der Waals surface area contributed by atoms with Gasteiger partial charge in [0.2, 0.25) is 0 Å². The van der Waals surface area contributed by atoms with Gasteiger partial charge in [0, 0.05) is 12.0 Å². The Balaban J connectivity index is 1.54. The number of ketones is 1. The highest BCUT2D eigenvalue weighted by Gasteiger charge is 2.02. The van der Waals surface area contributed by atoms with Crippen LogP contribution in [0.5, 0.6) is 5.75 Å². The smallest absolute Gasteiger partial charge is 0.162 e. The number of Topliss-reactive ketones (excluding diaryl/α,β-unsaturated/α-hetero) is 1. The van der Waals surface area contributed by atoms with Crippen molar-refractivity contribution in [3.8, 4) is 5.75 Å². The molecule has 0 amide bonds. The zero-order chi connectivity index (χ0) is 23.6. The normalized spacial score (nSPS) is 11.2. The first-order valence-electron chi connectivity index (χ1n) is 13.0. The SMILES string of the molecule is CCCCCCCCCCCCCCOc1ccc(N=Nc2ccc(C(=O)CC)cc2)cc1. The molecule has 0 aliphatic heterocycles. The fraction of sp³-hybridized carbons (Fsp3) is 0.552. The van der Waals surface area contributed by atoms with E-state index in [2.05, 4.69) is 17.2 Å². The number of benzene rings is 2. The highest BCUT2D eigenvalue weighted by Crippen LogP contribution is 2.22. The van der Waals surface area contributed by atoms with E-state index in [0.29, 0.717) is 12.0 Å². The van der Waals surface area contributed by atoms with Gasteiger partial charge < -0.3 is 4.74 Å². The van der Waals surface area contributed by atoms with E-state index in [0.717, 1.165) is 30.2 Å². The van der Waals surface area contributed by atoms with Crippen molar-refractivity contribution in [1.82, 2.24) is 0 Å². The maximum absolute atomic E-state index is 11.7. The van der Waals surface area contributed by atoms with Crippen molar-refractivity contribution in [2.45, 2.75) is 97.3 Å². The fourth-order valence-corrected chi connectivity index (χ4v) is 3.78. The lowest BCUT2D eigenvalue weighted by atomic mass is 10.1. The van der Waals surface area contributed by atoms with E-state index in [1.54, 1.807) is 12.1 Å². The summed E-state index contributed by atoms with van der Waals surface area (Å²) in [5.74, 6) is 1.01. The number of nitrogens with zero attached hydrogens (tertiary/aromatic N) is 2. The minimum Gasteiger partial charge on any atom is -0.494 e. The Hall–Kier alpha value is -2.49. The van der Waals surface area contributed by atoms with Crippen LogP contribution in [0, 0.1) is 0 Å². The topological polar surface area (TPSA) is 51.0 Å². The zero-order valence-corrected chi connectivity index (χ0v) is 20.7. The van der Waals surface area contributed by atoms with Gasteiger partial charge in [-0.3, -0.25) is 4.79 Å². The first kappa shape index (κ1) is 26.8. The van der Waals surface area contributed by atoms with Crippen molar-refractivity contribution in [3.63, 3.8) is 0 Å². The number of hydrogen-bond acceptors (Lipinski definition) is 4. The summed E-state index contributed by atoms with van der Waals surface area (Å²) in [4.78, 5) is 11.7. The van der Waals surface area contributed by atoms with Gasteiger partial charge >= 0.3 is 0 Å². The second-order valence-corrected chi connectivity index (χ2v) is 8.76. The summed E-state index contributed by atoms with van der Waals surface area (Å²) in [5.41, 5.74) is 2.22. The van der Waals surface area contributed by atoms with Gasteiger partial charge in [0.1, 0.15) is 5.75 Å². The lowest BCUT2D eigenvalue weighted by molar-refractivity contribution is 0.0988. The Morgan fingerprint density at radius 3 is 1.58 bits per heavy atom. The molecule has 0 spiro atoms. The Morgan fingerprint density at radius 1 is 0.636 bits per heavy atom. The highest BCUT2D eigenvalue weighted by molar-refractivity contribution is 5.96. The standard InChI is InChI=1S/C29H42N2O2/c1-3-5-6-7-8-9-10-11-12-13-14-15-24-33-28-22-20-27(21-23-28)31-30-26-18-16-25(17-19-26)29(32)4-2/h16-23H,3-15,24H2,1-2H3. The molecule has 2 aromatic carbocycles. The molecule has 4 nitrogen and oxygen atoms in total. The Labute approximate surface area is 200 Å². The van der Waals surface area contributed by atoms with Crippen molar-refractivity contribution in [2.24, 2.45) is 10.2 Å². The van der Waals surface area contributed by atoms with Crippen molar-refractivity contribution in [2.75, 3.05) is 6.61 Å². The average Bonchev–Trinajstić information content (AvgIpc) is 2.86. The maximum atomic E-state index is 11.7. The van der Waals surface area contributed by atoms with Gasteiger partial charge in [-0.25, -0.2) is 0 Å². The summed E-state index contributed by atoms with van der Waals surface area (Å²) < 4.78 is 5.86. The minimum atomic E-state index is 0.137. The van der Waals surface area contributed by atoms with E-state index in [-0.39, 0.29) is 5.78 Å². The van der Waals surface area contributed by atoms with Crippen molar-refractivity contribution >= 4 is 17.2 Å². The van der Waals surface area contributed by atoms with E-state index in [4.69, 9.17) is 4.74 Å². The number of azo groups is 1. The van der Waals surface area contributed by atoms with Gasteiger partial charge in [-0.15, -0.1) is 0 Å². The third kappa shape index (κ3) is 11.8. The molecule has 0 bridgehead atoms. The first-order valence-corrected chi connectivity index (χ1v) is 13.0. The quantitative estimate of drug-likeness (QED) is 0.129. The van der Waals surface area contributed by atoms with Crippen LogP contribution in [0.1, 0.15) is 108 Å². The molecular formula is C29H42N2O2. The van der Waals surface area contributed by atoms with E-state index >= 15 is 0 Å². The van der Waals surface area contributed by atoms with Gasteiger partial charge in [-0.1, -0.05) is 84.5 Å². The fourth-order valence-electron chi connectivity index (χ4n) is 3.78. The van der Waals surface area contributed by atoms with Crippen LogP contribution in [-0.4, -0.2) is 12.4 Å². The van der Waals surface area contributed by atoms with Gasteiger partial charge in [-0.05, 0) is 55.0 Å². The van der Waals surface area contributed by atoms with Crippen LogP contribution in [0.15, 0.2) is 58.8 Å². The Morgan fingerprint density at radius 2 is 1.09 bits per heavy atom. The molecule has 0 unspecified atom stereocenters. The summed E-state index contributed by atoms with van der Waals surface area (Å²) in [7, 11) is 0. The average molecular weight is 451 g/mol. The summed E-state index contributed by atoms with van der Waals surface area (Å²) >= 11 is 0. The predicted molar refractivity (Wildman–Crippen MR) is 138 cm³/mol. The molecule has 0 saturated heterocycles. The van der Waals surface area contributed by atoms with E-state index in [1.165, 1.54) is 70.6 Å². The minimum absolute atomic E-state index is 0.137. The number of carbonyl (C=O) groups excluding carboxylic acids is 1. The van der Waals surface area contributed by atoms with Crippen LogP contribution in [0.25, 0.3) is 0 Å². The maximum Gasteiger partial charge on any atom is 0.162 e. The van der Waals surface area contributed by atoms with Crippen molar-refractivity contribution < 1.29 is 9.53 Å². The number of carbonyl (C=O) groups is 1. The van der Waals surface area contributed by atoms with Gasteiger partial charge in [0.15, 0.2) is 5.78 Å². The molecule has 33 heavy (non-hydrogen) atoms. The number of ether oxygens (including phenoxy) is 1. The molecule has 0 atom stereocenters. The molecule has 0 aliphatic rings. The van der Waals surface area contributed by atoms with Crippen LogP contribution >= 0.6 is 0 Å². The van der Waals surface area contributed by atoms with Crippen LogP contribution in [0.4, 0.5) is 11.4 Å². The molecule has 0 aliphatic carbocycles. The molecule has 180 valence electrons. The molecule has 2 aromatic rings. The molecule has 0 aromatic heterocycles. The number of rotatable bonds is 18. The Bertz CT molecular complexity index is 797. The van der Waals surface area contributed by atoms with Gasteiger partial charge in [0.05, 0.1) is 18.0 Å². The van der Waals surface area contributed by atoms with Crippen molar-refractivity contribution in [3.05, 3.63) is 54.1 Å². The molecule has 0 saturated carbocycles. The largest absolute Gasteiger partial charge is 0.494 e. The van der Waals surface area contributed by atoms with Gasteiger partial charge in [0.25, 0.3) is 0 Å². The lowest BCUT2D eigenvalue weighted by Crippen LogP contribution is -1.96. The summed E-state index contributed by atoms with van der Waals surface area (Å²) in [6.07, 6.45) is 16.7. The molecule has 4 heteroatoms. The third-order valence-electron chi connectivity index (χ3n) is 5.89. The third-order valence-corrected chi connectivity index (χ3v) is 5.89. The Kier molecular flexibility index (Phi) is 13.8. The molecule has 0 N–H and O–H groups in total. The van der Waals surface area contributed by atoms with E-state index in [1.807, 2.05) is 43.3 Å². The van der Waals surface area contributed by atoms with E-state index in [9.17, 15) is 4.79 Å². The van der Waals surface area contributed by atoms with Gasteiger partial charge in [-0.2, -0.15) is 10.2 Å². The molecular weight excluding hydrogens is 408 g/mol. The second-order valence-electron chi connectivity index (χ2n) is 8.76. The molecule has 0 radical (unpaired) electrons. The number of hydrogen-bond donors (Lipinski definition) is 0.